The predicted octanol–water partition coefficient (Wildman–Crippen LogP) is 2.96. The van der Waals surface area contributed by atoms with Crippen LogP contribution < -0.4 is 4.74 Å². The molecular formula is C22H32N2O3. The Labute approximate surface area is 162 Å². The first-order chi connectivity index (χ1) is 13.1. The van der Waals surface area contributed by atoms with Gasteiger partial charge in [0.2, 0.25) is 5.91 Å². The minimum absolute atomic E-state index is 0.177. The number of hydrogen-bond donors (Lipinski definition) is 1. The molecule has 1 aromatic rings. The fraction of sp³-hybridized carbons (Fsp3) is 0.682. The van der Waals surface area contributed by atoms with Gasteiger partial charge in [0.25, 0.3) is 0 Å². The highest BCUT2D eigenvalue weighted by molar-refractivity contribution is 5.88. The third-order valence-corrected chi connectivity index (χ3v) is 6.93. The van der Waals surface area contributed by atoms with Crippen molar-refractivity contribution in [3.63, 3.8) is 0 Å². The molecule has 148 valence electrons. The zero-order valence-corrected chi connectivity index (χ0v) is 16.4. The molecule has 1 N–H and O–H groups in total. The van der Waals surface area contributed by atoms with E-state index in [0.717, 1.165) is 82.3 Å². The third kappa shape index (κ3) is 3.47. The van der Waals surface area contributed by atoms with Crippen LogP contribution in [0.2, 0.25) is 0 Å². The average Bonchev–Trinajstić information content (AvgIpc) is 3.08. The molecular weight excluding hydrogens is 340 g/mol. The maximum atomic E-state index is 13.7. The second kappa shape index (κ2) is 7.80. The van der Waals surface area contributed by atoms with E-state index < -0.39 is 0 Å². The smallest absolute Gasteiger partial charge is 0.243 e. The molecule has 27 heavy (non-hydrogen) atoms. The molecule has 1 unspecified atom stereocenters. The van der Waals surface area contributed by atoms with E-state index in [1.54, 1.807) is 7.11 Å². The number of amides is 1. The molecule has 3 fully saturated rings. The van der Waals surface area contributed by atoms with Crippen LogP contribution in [0.5, 0.6) is 5.75 Å². The van der Waals surface area contributed by atoms with E-state index in [4.69, 9.17) is 4.74 Å². The number of para-hydroxylation sites is 1. The Morgan fingerprint density at radius 1 is 1.11 bits per heavy atom. The molecule has 2 aliphatic heterocycles. The predicted molar refractivity (Wildman–Crippen MR) is 105 cm³/mol. The van der Waals surface area contributed by atoms with Crippen molar-refractivity contribution in [1.82, 2.24) is 9.80 Å². The first-order valence-electron chi connectivity index (χ1n) is 10.5. The molecule has 0 radical (unpaired) electrons. The van der Waals surface area contributed by atoms with E-state index in [9.17, 15) is 9.90 Å². The third-order valence-electron chi connectivity index (χ3n) is 6.93. The number of ether oxygens (including phenoxy) is 1. The van der Waals surface area contributed by atoms with E-state index in [1.165, 1.54) is 0 Å². The van der Waals surface area contributed by atoms with Gasteiger partial charge in [-0.3, -0.25) is 9.69 Å². The number of carbonyl (C=O) groups is 1. The Balaban J connectivity index is 1.54. The topological polar surface area (TPSA) is 53.0 Å². The highest BCUT2D eigenvalue weighted by Gasteiger charge is 2.52. The molecule has 1 spiro atoms. The lowest BCUT2D eigenvalue weighted by atomic mass is 9.82. The molecule has 4 rings (SSSR count). The van der Waals surface area contributed by atoms with Gasteiger partial charge in [0, 0.05) is 24.7 Å². The van der Waals surface area contributed by atoms with Crippen LogP contribution in [0.3, 0.4) is 0 Å². The first kappa shape index (κ1) is 18.8. The van der Waals surface area contributed by atoms with Crippen LogP contribution in [-0.4, -0.2) is 58.7 Å². The van der Waals surface area contributed by atoms with Gasteiger partial charge in [-0.2, -0.15) is 0 Å². The number of piperidine rings is 1. The van der Waals surface area contributed by atoms with Gasteiger partial charge in [-0.15, -0.1) is 0 Å². The Morgan fingerprint density at radius 3 is 2.56 bits per heavy atom. The minimum atomic E-state index is -0.338. The van der Waals surface area contributed by atoms with Crippen LogP contribution >= 0.6 is 0 Å². The standard InChI is InChI=1S/C22H32N2O3/c1-27-20-7-3-2-6-17(20)16-23-14-4-12-22(23)13-5-15-24(21(22)26)18-8-10-19(25)11-9-18/h2-3,6-7,18-19,25H,4-5,8-16H2,1H3. The van der Waals surface area contributed by atoms with Crippen molar-refractivity contribution in [3.05, 3.63) is 29.8 Å². The van der Waals surface area contributed by atoms with E-state index in [1.807, 2.05) is 18.2 Å². The Bertz CT molecular complexity index is 671. The fourth-order valence-electron chi connectivity index (χ4n) is 5.47. The maximum absolute atomic E-state index is 13.7. The van der Waals surface area contributed by atoms with Gasteiger partial charge < -0.3 is 14.7 Å². The molecule has 1 aliphatic carbocycles. The van der Waals surface area contributed by atoms with Gasteiger partial charge in [-0.05, 0) is 64.0 Å². The summed E-state index contributed by atoms with van der Waals surface area (Å²) in [6.45, 7) is 2.62. The van der Waals surface area contributed by atoms with Crippen molar-refractivity contribution >= 4 is 5.91 Å². The van der Waals surface area contributed by atoms with Crippen molar-refractivity contribution in [1.29, 1.82) is 0 Å². The van der Waals surface area contributed by atoms with Crippen molar-refractivity contribution in [2.45, 2.75) is 75.6 Å². The number of hydrogen-bond acceptors (Lipinski definition) is 4. The zero-order valence-electron chi connectivity index (χ0n) is 16.4. The summed E-state index contributed by atoms with van der Waals surface area (Å²) in [4.78, 5) is 18.3. The quantitative estimate of drug-likeness (QED) is 0.883. The zero-order chi connectivity index (χ0) is 18.9. The molecule has 5 heteroatoms. The lowest BCUT2D eigenvalue weighted by Gasteiger charge is -2.48. The van der Waals surface area contributed by atoms with Gasteiger partial charge in [0.1, 0.15) is 11.3 Å². The van der Waals surface area contributed by atoms with Crippen molar-refractivity contribution in [2.75, 3.05) is 20.2 Å². The van der Waals surface area contributed by atoms with Crippen molar-refractivity contribution in [2.24, 2.45) is 0 Å². The number of aliphatic hydroxyl groups excluding tert-OH is 1. The number of benzene rings is 1. The molecule has 2 heterocycles. The Morgan fingerprint density at radius 2 is 1.81 bits per heavy atom. The minimum Gasteiger partial charge on any atom is -0.496 e. The summed E-state index contributed by atoms with van der Waals surface area (Å²) in [5.74, 6) is 1.24. The molecule has 2 saturated heterocycles. The summed E-state index contributed by atoms with van der Waals surface area (Å²) in [7, 11) is 1.71. The van der Waals surface area contributed by atoms with Crippen LogP contribution in [0, 0.1) is 0 Å². The van der Waals surface area contributed by atoms with Crippen LogP contribution in [0.4, 0.5) is 0 Å². The molecule has 0 bridgehead atoms. The number of carbonyl (C=O) groups excluding carboxylic acids is 1. The van der Waals surface area contributed by atoms with Crippen molar-refractivity contribution < 1.29 is 14.6 Å². The van der Waals surface area contributed by atoms with Crippen LogP contribution in [-0.2, 0) is 11.3 Å². The lowest BCUT2D eigenvalue weighted by molar-refractivity contribution is -0.152. The maximum Gasteiger partial charge on any atom is 0.243 e. The SMILES string of the molecule is COc1ccccc1CN1CCCC12CCCN(C1CCC(O)CC1)C2=O. The van der Waals surface area contributed by atoms with Crippen molar-refractivity contribution in [3.8, 4) is 5.75 Å². The molecule has 1 atom stereocenters. The molecule has 1 aromatic carbocycles. The van der Waals surface area contributed by atoms with Crippen LogP contribution in [0.15, 0.2) is 24.3 Å². The lowest BCUT2D eigenvalue weighted by Crippen LogP contribution is -2.62. The molecule has 1 saturated carbocycles. The van der Waals surface area contributed by atoms with Gasteiger partial charge in [-0.1, -0.05) is 18.2 Å². The number of methoxy groups -OCH3 is 1. The first-order valence-corrected chi connectivity index (χ1v) is 10.5. The number of likely N-dealkylation sites (tertiary alicyclic amines) is 2. The van der Waals surface area contributed by atoms with Gasteiger partial charge >= 0.3 is 0 Å². The largest absolute Gasteiger partial charge is 0.496 e. The highest BCUT2D eigenvalue weighted by Crippen LogP contribution is 2.41. The van der Waals surface area contributed by atoms with E-state index in [2.05, 4.69) is 15.9 Å². The highest BCUT2D eigenvalue weighted by atomic mass is 16.5. The van der Waals surface area contributed by atoms with Crippen LogP contribution in [0.1, 0.15) is 56.9 Å². The average molecular weight is 373 g/mol. The Kier molecular flexibility index (Phi) is 5.42. The normalized spacial score (nSPS) is 32.2. The van der Waals surface area contributed by atoms with E-state index in [0.29, 0.717) is 11.9 Å². The summed E-state index contributed by atoms with van der Waals surface area (Å²) in [5.41, 5.74) is 0.821. The molecule has 5 nitrogen and oxygen atoms in total. The van der Waals surface area contributed by atoms with Gasteiger partial charge in [0.05, 0.1) is 13.2 Å². The van der Waals surface area contributed by atoms with E-state index >= 15 is 0 Å². The number of rotatable bonds is 4. The molecule has 0 aromatic heterocycles. The van der Waals surface area contributed by atoms with E-state index in [-0.39, 0.29) is 11.6 Å². The molecule has 1 amide bonds. The second-order valence-electron chi connectivity index (χ2n) is 8.43. The van der Waals surface area contributed by atoms with Gasteiger partial charge in [-0.25, -0.2) is 0 Å². The van der Waals surface area contributed by atoms with Gasteiger partial charge in [0.15, 0.2) is 0 Å². The summed E-state index contributed by atoms with van der Waals surface area (Å²) >= 11 is 0. The summed E-state index contributed by atoms with van der Waals surface area (Å²) in [6.07, 6.45) is 7.44. The number of aliphatic hydroxyl groups is 1. The number of nitrogens with zero attached hydrogens (tertiary/aromatic N) is 2. The fourth-order valence-corrected chi connectivity index (χ4v) is 5.47. The summed E-state index contributed by atoms with van der Waals surface area (Å²) < 4.78 is 5.54. The summed E-state index contributed by atoms with van der Waals surface area (Å²) in [6, 6.07) is 8.46. The monoisotopic (exact) mass is 372 g/mol. The molecule has 3 aliphatic rings. The Hall–Kier alpha value is -1.59. The van der Waals surface area contributed by atoms with Crippen LogP contribution in [0.25, 0.3) is 0 Å². The summed E-state index contributed by atoms with van der Waals surface area (Å²) in [5, 5.41) is 9.83. The second-order valence-corrected chi connectivity index (χ2v) is 8.43.